The maximum Gasteiger partial charge on any atom is 0.321 e. The molecule has 9 heteroatoms. The first-order valence-corrected chi connectivity index (χ1v) is 10.4. The van der Waals surface area contributed by atoms with Crippen LogP contribution in [0.4, 0.5) is 15.3 Å². The van der Waals surface area contributed by atoms with Crippen LogP contribution in [0.25, 0.3) is 0 Å². The molecule has 2 fully saturated rings. The number of piperidine rings is 1. The minimum Gasteiger partial charge on any atom is -0.352 e. The molecule has 1 aromatic rings. The molecule has 1 aromatic carbocycles. The Hall–Kier alpha value is -2.55. The average Bonchev–Trinajstić information content (AvgIpc) is 3.01. The summed E-state index contributed by atoms with van der Waals surface area (Å²) in [7, 11) is 0. The van der Waals surface area contributed by atoms with E-state index >= 15 is 0 Å². The minimum atomic E-state index is -0.225. The zero-order valence-corrected chi connectivity index (χ0v) is 16.6. The number of benzene rings is 1. The number of carbonyl (C=O) groups excluding carboxylic acids is 4. The fourth-order valence-corrected chi connectivity index (χ4v) is 3.95. The van der Waals surface area contributed by atoms with Crippen LogP contribution in [0.2, 0.25) is 0 Å². The molecule has 0 spiro atoms. The molecule has 150 valence electrons. The summed E-state index contributed by atoms with van der Waals surface area (Å²) < 4.78 is 0. The molecule has 5 amide bonds. The Morgan fingerprint density at radius 3 is 2.61 bits per heavy atom. The summed E-state index contributed by atoms with van der Waals surface area (Å²) in [5.41, 5.74) is 1.46. The summed E-state index contributed by atoms with van der Waals surface area (Å²) >= 11 is 1.01. The molecule has 2 saturated heterocycles. The van der Waals surface area contributed by atoms with Crippen molar-refractivity contribution in [3.8, 4) is 0 Å². The van der Waals surface area contributed by atoms with Gasteiger partial charge in [-0.2, -0.15) is 0 Å². The number of rotatable bonds is 5. The molecule has 2 aliphatic rings. The van der Waals surface area contributed by atoms with E-state index in [0.29, 0.717) is 25.2 Å². The number of urea groups is 1. The molecule has 8 nitrogen and oxygen atoms in total. The number of thioether (sulfide) groups is 1. The molecule has 1 unspecified atom stereocenters. The summed E-state index contributed by atoms with van der Waals surface area (Å²) in [6.07, 6.45) is 2.15. The van der Waals surface area contributed by atoms with Crippen molar-refractivity contribution in [2.24, 2.45) is 0 Å². The predicted octanol–water partition coefficient (Wildman–Crippen LogP) is 2.40. The topological polar surface area (TPSA) is 98.8 Å². The maximum atomic E-state index is 12.5. The summed E-state index contributed by atoms with van der Waals surface area (Å²) in [4.78, 5) is 50.4. The van der Waals surface area contributed by atoms with Crippen LogP contribution < -0.4 is 10.6 Å². The van der Waals surface area contributed by atoms with E-state index in [-0.39, 0.29) is 41.4 Å². The number of likely N-dealkylation sites (tertiary alicyclic amines) is 1. The lowest BCUT2D eigenvalue weighted by molar-refractivity contribution is -0.125. The smallest absolute Gasteiger partial charge is 0.321 e. The van der Waals surface area contributed by atoms with Crippen LogP contribution in [-0.4, -0.2) is 57.8 Å². The number of carbonyl (C=O) groups is 4. The lowest BCUT2D eigenvalue weighted by Gasteiger charge is -2.33. The van der Waals surface area contributed by atoms with Gasteiger partial charge in [-0.15, -0.1) is 0 Å². The molecule has 0 aromatic heterocycles. The molecule has 2 heterocycles. The fourth-order valence-electron chi connectivity index (χ4n) is 3.22. The van der Waals surface area contributed by atoms with Gasteiger partial charge in [0.1, 0.15) is 0 Å². The van der Waals surface area contributed by atoms with Crippen molar-refractivity contribution in [3.63, 3.8) is 0 Å². The second-order valence-corrected chi connectivity index (χ2v) is 7.79. The van der Waals surface area contributed by atoms with Crippen LogP contribution in [0.3, 0.4) is 0 Å². The molecule has 28 heavy (non-hydrogen) atoms. The van der Waals surface area contributed by atoms with Crippen LogP contribution in [0.15, 0.2) is 24.3 Å². The van der Waals surface area contributed by atoms with Gasteiger partial charge in [0.2, 0.25) is 11.8 Å². The highest BCUT2D eigenvalue weighted by atomic mass is 32.2. The first kappa shape index (κ1) is 20.2. The number of anilines is 1. The number of nitrogens with one attached hydrogen (secondary N) is 2. The zero-order chi connectivity index (χ0) is 20.1. The monoisotopic (exact) mass is 404 g/mol. The van der Waals surface area contributed by atoms with Gasteiger partial charge < -0.3 is 15.5 Å². The third-order valence-corrected chi connectivity index (χ3v) is 5.64. The highest BCUT2D eigenvalue weighted by Gasteiger charge is 2.29. The zero-order valence-electron chi connectivity index (χ0n) is 15.8. The van der Waals surface area contributed by atoms with E-state index in [1.165, 1.54) is 4.90 Å². The predicted molar refractivity (Wildman–Crippen MR) is 107 cm³/mol. The Morgan fingerprint density at radius 2 is 1.96 bits per heavy atom. The maximum absolute atomic E-state index is 12.5. The molecule has 0 bridgehead atoms. The third-order valence-electron chi connectivity index (χ3n) is 4.78. The van der Waals surface area contributed by atoms with E-state index in [1.807, 2.05) is 0 Å². The van der Waals surface area contributed by atoms with Crippen molar-refractivity contribution in [1.82, 2.24) is 15.1 Å². The summed E-state index contributed by atoms with van der Waals surface area (Å²) in [5, 5.41) is 5.58. The Bertz CT molecular complexity index is 752. The lowest BCUT2D eigenvalue weighted by Crippen LogP contribution is -2.50. The first-order valence-electron chi connectivity index (χ1n) is 9.37. The van der Waals surface area contributed by atoms with Gasteiger partial charge in [-0.1, -0.05) is 30.8 Å². The fraction of sp³-hybridized carbons (Fsp3) is 0.474. The van der Waals surface area contributed by atoms with Gasteiger partial charge in [0.05, 0.1) is 12.3 Å². The molecule has 1 atom stereocenters. The molecule has 0 saturated carbocycles. The number of hydrogen-bond donors (Lipinski definition) is 2. The van der Waals surface area contributed by atoms with Crippen molar-refractivity contribution in [3.05, 3.63) is 29.8 Å². The number of imide groups is 1. The van der Waals surface area contributed by atoms with Crippen molar-refractivity contribution < 1.29 is 19.2 Å². The normalized spacial score (nSPS) is 19.7. The van der Waals surface area contributed by atoms with Crippen molar-refractivity contribution in [1.29, 1.82) is 0 Å². The lowest BCUT2D eigenvalue weighted by atomic mass is 10.1. The highest BCUT2D eigenvalue weighted by Crippen LogP contribution is 2.22. The molecule has 0 radical (unpaired) electrons. The second-order valence-electron chi connectivity index (χ2n) is 6.87. The van der Waals surface area contributed by atoms with Gasteiger partial charge in [-0.25, -0.2) is 4.79 Å². The molecule has 2 N–H and O–H groups in total. The van der Waals surface area contributed by atoms with E-state index < -0.39 is 0 Å². The van der Waals surface area contributed by atoms with Crippen LogP contribution in [0, 0.1) is 0 Å². The van der Waals surface area contributed by atoms with Crippen LogP contribution in [-0.2, 0) is 16.1 Å². The van der Waals surface area contributed by atoms with E-state index in [4.69, 9.17) is 0 Å². The second kappa shape index (κ2) is 9.09. The molecule has 2 aliphatic heterocycles. The van der Waals surface area contributed by atoms with Crippen molar-refractivity contribution in [2.45, 2.75) is 38.8 Å². The van der Waals surface area contributed by atoms with Crippen LogP contribution in [0.5, 0.6) is 0 Å². The Morgan fingerprint density at radius 1 is 1.21 bits per heavy atom. The van der Waals surface area contributed by atoms with Crippen LogP contribution >= 0.6 is 11.8 Å². The first-order chi connectivity index (χ1) is 13.5. The van der Waals surface area contributed by atoms with Gasteiger partial charge in [0.15, 0.2) is 0 Å². The van der Waals surface area contributed by atoms with Gasteiger partial charge in [0, 0.05) is 31.2 Å². The number of nitrogens with zero attached hydrogens (tertiary/aromatic N) is 2. The highest BCUT2D eigenvalue weighted by molar-refractivity contribution is 8.14. The SMILES string of the molecule is CCC(=O)NC1CCCN(C(=O)Nc2ccc(CN3C(=O)CSC3=O)cc2)C1. The van der Waals surface area contributed by atoms with Crippen LogP contribution in [0.1, 0.15) is 31.7 Å². The molecular weight excluding hydrogens is 380 g/mol. The summed E-state index contributed by atoms with van der Waals surface area (Å²) in [6.45, 7) is 3.19. The average molecular weight is 404 g/mol. The third kappa shape index (κ3) is 5.03. The van der Waals surface area contributed by atoms with Crippen molar-refractivity contribution in [2.75, 3.05) is 24.2 Å². The Labute approximate surface area is 168 Å². The Balaban J connectivity index is 1.53. The molecule has 3 rings (SSSR count). The molecule has 0 aliphatic carbocycles. The minimum absolute atomic E-state index is 0.00351. The van der Waals surface area contributed by atoms with Crippen molar-refractivity contribution >= 4 is 40.5 Å². The van der Waals surface area contributed by atoms with E-state index in [2.05, 4.69) is 10.6 Å². The standard InChI is InChI=1S/C19H24N4O4S/c1-2-16(24)20-15-4-3-9-22(11-15)18(26)21-14-7-5-13(6-8-14)10-23-17(25)12-28-19(23)27/h5-8,15H,2-4,9-12H2,1H3,(H,20,24)(H,21,26). The van der Waals surface area contributed by atoms with Gasteiger partial charge in [0.25, 0.3) is 5.24 Å². The summed E-state index contributed by atoms with van der Waals surface area (Å²) in [5.74, 6) is 0.0149. The number of amides is 5. The molecular formula is C19H24N4O4S. The van der Waals surface area contributed by atoms with Gasteiger partial charge >= 0.3 is 6.03 Å². The van der Waals surface area contributed by atoms with E-state index in [9.17, 15) is 19.2 Å². The number of hydrogen-bond acceptors (Lipinski definition) is 5. The van der Waals surface area contributed by atoms with E-state index in [1.54, 1.807) is 36.1 Å². The van der Waals surface area contributed by atoms with Gasteiger partial charge in [-0.05, 0) is 30.5 Å². The summed E-state index contributed by atoms with van der Waals surface area (Å²) in [6, 6.07) is 6.88. The Kier molecular flexibility index (Phi) is 6.56. The van der Waals surface area contributed by atoms with Gasteiger partial charge in [-0.3, -0.25) is 19.3 Å². The largest absolute Gasteiger partial charge is 0.352 e. The van der Waals surface area contributed by atoms with E-state index in [0.717, 1.165) is 30.2 Å². The quantitative estimate of drug-likeness (QED) is 0.785.